The lowest BCUT2D eigenvalue weighted by molar-refractivity contribution is -0.144. The van der Waals surface area contributed by atoms with Gasteiger partial charge < -0.3 is 4.74 Å². The maximum atomic E-state index is 11.4. The van der Waals surface area contributed by atoms with Gasteiger partial charge in [0.15, 0.2) is 9.84 Å². The molecule has 0 aromatic carbocycles. The summed E-state index contributed by atoms with van der Waals surface area (Å²) in [5.74, 6) is -1.08. The van der Waals surface area contributed by atoms with Gasteiger partial charge in [-0.2, -0.15) is 0 Å². The van der Waals surface area contributed by atoms with E-state index in [9.17, 15) is 13.2 Å². The highest BCUT2D eigenvalue weighted by atomic mass is 32.2. The second-order valence-corrected chi connectivity index (χ2v) is 5.78. The molecule has 0 aromatic heterocycles. The molecule has 1 atom stereocenters. The fraction of sp³-hybridized carbons (Fsp3) is 0.875. The molecule has 0 aliphatic heterocycles. The summed E-state index contributed by atoms with van der Waals surface area (Å²) < 4.78 is 27.3. The number of methoxy groups -OCH3 is 1. The molecule has 0 radical (unpaired) electrons. The van der Waals surface area contributed by atoms with Gasteiger partial charge in [0, 0.05) is 0 Å². The van der Waals surface area contributed by atoms with E-state index < -0.39 is 21.7 Å². The predicted octanol–water partition coefficient (Wildman–Crippen LogP) is 0.373. The van der Waals surface area contributed by atoms with E-state index in [1.165, 1.54) is 7.11 Å². The van der Waals surface area contributed by atoms with Gasteiger partial charge in [-0.05, 0) is 12.8 Å². The van der Waals surface area contributed by atoms with Crippen molar-refractivity contribution in [2.24, 2.45) is 5.92 Å². The van der Waals surface area contributed by atoms with E-state index in [1.54, 1.807) is 6.92 Å². The van der Waals surface area contributed by atoms with Gasteiger partial charge in [0.2, 0.25) is 0 Å². The highest BCUT2D eigenvalue weighted by molar-refractivity contribution is 7.92. The van der Waals surface area contributed by atoms with Crippen LogP contribution in [0.5, 0.6) is 0 Å². The molecule has 0 bridgehead atoms. The lowest BCUT2D eigenvalue weighted by atomic mass is 10.2. The molecule has 5 heteroatoms. The summed E-state index contributed by atoms with van der Waals surface area (Å²) in [7, 11) is -1.78. The van der Waals surface area contributed by atoms with Crippen LogP contribution in [0.25, 0.3) is 0 Å². The molecule has 0 aromatic rings. The first-order valence-electron chi connectivity index (χ1n) is 4.26. The van der Waals surface area contributed by atoms with E-state index in [4.69, 9.17) is 0 Å². The Morgan fingerprint density at radius 1 is 1.54 bits per heavy atom. The fourth-order valence-electron chi connectivity index (χ4n) is 1.18. The van der Waals surface area contributed by atoms with E-state index in [0.717, 1.165) is 12.8 Å². The minimum atomic E-state index is -3.04. The number of ether oxygens (including phenoxy) is 1. The molecule has 1 unspecified atom stereocenters. The average Bonchev–Trinajstić information content (AvgIpc) is 2.84. The van der Waals surface area contributed by atoms with Crippen LogP contribution in [0.15, 0.2) is 0 Å². The molecule has 1 saturated carbocycles. The number of hydrogen-bond donors (Lipinski definition) is 0. The van der Waals surface area contributed by atoms with E-state index in [2.05, 4.69) is 4.74 Å². The summed E-state index contributed by atoms with van der Waals surface area (Å²) in [4.78, 5) is 10.9. The smallest absolute Gasteiger partial charge is 0.309 e. The van der Waals surface area contributed by atoms with E-state index in [1.807, 2.05) is 0 Å². The number of sulfone groups is 1. The molecule has 4 nitrogen and oxygen atoms in total. The van der Waals surface area contributed by atoms with Gasteiger partial charge in [-0.3, -0.25) is 4.79 Å². The zero-order valence-corrected chi connectivity index (χ0v) is 8.63. The predicted molar refractivity (Wildman–Crippen MR) is 48.0 cm³/mol. The molecule has 76 valence electrons. The second-order valence-electron chi connectivity index (χ2n) is 3.45. The normalized spacial score (nSPS) is 19.5. The SMILES string of the molecule is COC(=O)C(C)CS(=O)(=O)C1CC1. The summed E-state index contributed by atoms with van der Waals surface area (Å²) in [6, 6.07) is 0. The van der Waals surface area contributed by atoms with Crippen molar-refractivity contribution in [3.63, 3.8) is 0 Å². The minimum absolute atomic E-state index is 0.0790. The molecule has 1 rings (SSSR count). The zero-order chi connectivity index (χ0) is 10.1. The topological polar surface area (TPSA) is 60.4 Å². The maximum Gasteiger partial charge on any atom is 0.309 e. The third-order valence-corrected chi connectivity index (χ3v) is 4.57. The van der Waals surface area contributed by atoms with Crippen molar-refractivity contribution in [2.45, 2.75) is 25.0 Å². The van der Waals surface area contributed by atoms with Crippen molar-refractivity contribution in [3.05, 3.63) is 0 Å². The second kappa shape index (κ2) is 3.65. The van der Waals surface area contributed by atoms with E-state index >= 15 is 0 Å². The van der Waals surface area contributed by atoms with Crippen molar-refractivity contribution in [1.29, 1.82) is 0 Å². The summed E-state index contributed by atoms with van der Waals surface area (Å²) >= 11 is 0. The van der Waals surface area contributed by atoms with E-state index in [-0.39, 0.29) is 11.0 Å². The first kappa shape index (κ1) is 10.5. The summed E-state index contributed by atoms with van der Waals surface area (Å²) in [6.45, 7) is 1.58. The Kier molecular flexibility index (Phi) is 2.95. The van der Waals surface area contributed by atoms with Crippen LogP contribution in [0.3, 0.4) is 0 Å². The molecule has 13 heavy (non-hydrogen) atoms. The average molecular weight is 206 g/mol. The van der Waals surface area contributed by atoms with Crippen LogP contribution in [0, 0.1) is 5.92 Å². The molecule has 0 amide bonds. The molecule has 1 aliphatic rings. The Labute approximate surface area is 78.2 Å². The van der Waals surface area contributed by atoms with Crippen molar-refractivity contribution in [2.75, 3.05) is 12.9 Å². The maximum absolute atomic E-state index is 11.4. The fourth-order valence-corrected chi connectivity index (χ4v) is 3.14. The molecule has 0 N–H and O–H groups in total. The quantitative estimate of drug-likeness (QED) is 0.624. The third-order valence-electron chi connectivity index (χ3n) is 2.12. The Hall–Kier alpha value is -0.580. The summed E-state index contributed by atoms with van der Waals surface area (Å²) in [5.41, 5.74) is 0. The molecule has 0 heterocycles. The first-order chi connectivity index (χ1) is 5.97. The molecule has 0 saturated heterocycles. The lowest BCUT2D eigenvalue weighted by Gasteiger charge is -2.08. The van der Waals surface area contributed by atoms with Gasteiger partial charge in [-0.15, -0.1) is 0 Å². The van der Waals surface area contributed by atoms with Crippen molar-refractivity contribution < 1.29 is 17.9 Å². The van der Waals surface area contributed by atoms with Gasteiger partial charge in [-0.1, -0.05) is 6.92 Å². The lowest BCUT2D eigenvalue weighted by Crippen LogP contribution is -2.24. The van der Waals surface area contributed by atoms with Crippen LogP contribution in [-0.4, -0.2) is 32.5 Å². The number of rotatable bonds is 4. The van der Waals surface area contributed by atoms with Crippen LogP contribution < -0.4 is 0 Å². The van der Waals surface area contributed by atoms with Crippen molar-refractivity contribution >= 4 is 15.8 Å². The number of esters is 1. The van der Waals surface area contributed by atoms with Crippen LogP contribution in [0.1, 0.15) is 19.8 Å². The number of carbonyl (C=O) groups excluding carboxylic acids is 1. The highest BCUT2D eigenvalue weighted by Gasteiger charge is 2.37. The van der Waals surface area contributed by atoms with Crippen LogP contribution in [0.2, 0.25) is 0 Å². The number of carbonyl (C=O) groups is 1. The van der Waals surface area contributed by atoms with Crippen LogP contribution in [0.4, 0.5) is 0 Å². The minimum Gasteiger partial charge on any atom is -0.469 e. The first-order valence-corrected chi connectivity index (χ1v) is 5.98. The van der Waals surface area contributed by atoms with Crippen LogP contribution in [-0.2, 0) is 19.4 Å². The van der Waals surface area contributed by atoms with Crippen molar-refractivity contribution in [1.82, 2.24) is 0 Å². The Balaban J connectivity index is 2.52. The summed E-state index contributed by atoms with van der Waals surface area (Å²) in [5, 5.41) is -0.195. The highest BCUT2D eigenvalue weighted by Crippen LogP contribution is 2.30. The third kappa shape index (κ3) is 2.69. The number of hydrogen-bond acceptors (Lipinski definition) is 4. The van der Waals surface area contributed by atoms with Crippen molar-refractivity contribution in [3.8, 4) is 0 Å². The zero-order valence-electron chi connectivity index (χ0n) is 7.82. The van der Waals surface area contributed by atoms with Crippen LogP contribution >= 0.6 is 0 Å². The van der Waals surface area contributed by atoms with Gasteiger partial charge in [0.05, 0.1) is 24.0 Å². The Bertz CT molecular complexity index is 289. The molecular formula is C8H14O4S. The monoisotopic (exact) mass is 206 g/mol. The van der Waals surface area contributed by atoms with E-state index in [0.29, 0.717) is 0 Å². The van der Waals surface area contributed by atoms with Gasteiger partial charge >= 0.3 is 5.97 Å². The molecule has 1 aliphatic carbocycles. The van der Waals surface area contributed by atoms with Gasteiger partial charge in [-0.25, -0.2) is 8.42 Å². The Morgan fingerprint density at radius 2 is 2.08 bits per heavy atom. The molecule has 0 spiro atoms. The van der Waals surface area contributed by atoms with Gasteiger partial charge in [0.25, 0.3) is 0 Å². The molecular weight excluding hydrogens is 192 g/mol. The summed E-state index contributed by atoms with van der Waals surface area (Å²) in [6.07, 6.45) is 1.49. The van der Waals surface area contributed by atoms with Gasteiger partial charge in [0.1, 0.15) is 0 Å². The molecule has 1 fully saturated rings. The standard InChI is InChI=1S/C8H14O4S/c1-6(8(9)12-2)5-13(10,11)7-3-4-7/h6-7H,3-5H2,1-2H3. The Morgan fingerprint density at radius 3 is 2.46 bits per heavy atom. The largest absolute Gasteiger partial charge is 0.469 e.